The molecule has 2 aliphatic carbocycles. The Morgan fingerprint density at radius 3 is 2.47 bits per heavy atom. The van der Waals surface area contributed by atoms with Crippen molar-refractivity contribution in [1.82, 2.24) is 14.9 Å². The summed E-state index contributed by atoms with van der Waals surface area (Å²) in [5.41, 5.74) is 5.63. The zero-order valence-corrected chi connectivity index (χ0v) is 27.2. The molecular weight excluding hydrogens is 602 g/mol. The van der Waals surface area contributed by atoms with Crippen molar-refractivity contribution in [1.29, 1.82) is 0 Å². The summed E-state index contributed by atoms with van der Waals surface area (Å²) in [5, 5.41) is 48.4. The number of unbranched alkanes of at least 4 members (excludes halogenated alkanes) is 1. The highest BCUT2D eigenvalue weighted by atomic mass is 16.5. The van der Waals surface area contributed by atoms with Crippen molar-refractivity contribution < 1.29 is 39.8 Å². The number of ether oxygens (including phenoxy) is 2. The first-order valence-corrected chi connectivity index (χ1v) is 16.5. The molecule has 47 heavy (non-hydrogen) atoms. The molecule has 11 heteroatoms. The van der Waals surface area contributed by atoms with Gasteiger partial charge in [-0.15, -0.1) is 0 Å². The Bertz CT molecular complexity index is 1490. The maximum Gasteiger partial charge on any atom is 0.222 e. The van der Waals surface area contributed by atoms with Crippen molar-refractivity contribution in [2.45, 2.75) is 101 Å². The van der Waals surface area contributed by atoms with Crippen molar-refractivity contribution in [2.75, 3.05) is 20.2 Å². The second kappa shape index (κ2) is 15.6. The SMILES string of the molecule is Cc1ccc(CCCCC(=O)N(C)C[C@H](O)[C@@H](O)[C@H](O)[C@H](O)CO)nc1COC1(c2cnccc2-c2ccccc2OC2CC2)CC1. The maximum absolute atomic E-state index is 12.6. The number of rotatable bonds is 18. The lowest BCUT2D eigenvalue weighted by Crippen LogP contribution is -2.49. The van der Waals surface area contributed by atoms with E-state index in [-0.39, 0.29) is 18.9 Å². The fraction of sp³-hybridized carbons (Fsp3) is 0.528. The number of carbonyl (C=O) groups excluding carboxylic acids is 1. The van der Waals surface area contributed by atoms with Crippen LogP contribution in [0, 0.1) is 6.92 Å². The number of likely N-dealkylation sites (N-methyl/N-ethyl adjacent to an activating group) is 1. The molecule has 0 bridgehead atoms. The lowest BCUT2D eigenvalue weighted by atomic mass is 9.96. The molecule has 4 atom stereocenters. The Morgan fingerprint density at radius 2 is 1.74 bits per heavy atom. The van der Waals surface area contributed by atoms with E-state index >= 15 is 0 Å². The third-order valence-corrected chi connectivity index (χ3v) is 9.04. The van der Waals surface area contributed by atoms with E-state index in [1.165, 1.54) is 11.9 Å². The van der Waals surface area contributed by atoms with Crippen LogP contribution in [-0.4, -0.2) is 97.0 Å². The quantitative estimate of drug-likeness (QED) is 0.129. The zero-order valence-electron chi connectivity index (χ0n) is 27.2. The summed E-state index contributed by atoms with van der Waals surface area (Å²) in [6.45, 7) is 1.42. The summed E-state index contributed by atoms with van der Waals surface area (Å²) in [5.74, 6) is 0.675. The molecule has 11 nitrogen and oxygen atoms in total. The van der Waals surface area contributed by atoms with E-state index in [0.29, 0.717) is 25.6 Å². The summed E-state index contributed by atoms with van der Waals surface area (Å²) < 4.78 is 12.9. The van der Waals surface area contributed by atoms with E-state index in [1.807, 2.05) is 49.6 Å². The molecule has 5 rings (SSSR count). The molecule has 0 aliphatic heterocycles. The van der Waals surface area contributed by atoms with Crippen molar-refractivity contribution in [3.63, 3.8) is 0 Å². The number of pyridine rings is 2. The second-order valence-electron chi connectivity index (χ2n) is 12.9. The van der Waals surface area contributed by atoms with Crippen molar-refractivity contribution in [3.8, 4) is 16.9 Å². The molecule has 0 radical (unpaired) electrons. The molecule has 2 aromatic heterocycles. The van der Waals surface area contributed by atoms with Gasteiger partial charge in [0.25, 0.3) is 0 Å². The summed E-state index contributed by atoms with van der Waals surface area (Å²) in [4.78, 5) is 23.2. The first-order valence-electron chi connectivity index (χ1n) is 16.5. The van der Waals surface area contributed by atoms with E-state index in [1.54, 1.807) is 0 Å². The number of aryl methyl sites for hydroxylation is 2. The van der Waals surface area contributed by atoms with Crippen LogP contribution in [0.2, 0.25) is 0 Å². The van der Waals surface area contributed by atoms with Crippen molar-refractivity contribution >= 4 is 5.91 Å². The third kappa shape index (κ3) is 8.92. The van der Waals surface area contributed by atoms with Crippen LogP contribution in [0.1, 0.15) is 67.5 Å². The minimum Gasteiger partial charge on any atom is -0.490 e. The fourth-order valence-corrected chi connectivity index (χ4v) is 5.69. The number of para-hydroxylation sites is 1. The number of amides is 1. The largest absolute Gasteiger partial charge is 0.490 e. The molecule has 1 aromatic carbocycles. The predicted octanol–water partition coefficient (Wildman–Crippen LogP) is 2.81. The van der Waals surface area contributed by atoms with Crippen LogP contribution in [0.5, 0.6) is 5.75 Å². The van der Waals surface area contributed by atoms with Crippen molar-refractivity contribution in [3.05, 3.63) is 77.4 Å². The highest BCUT2D eigenvalue weighted by molar-refractivity contribution is 5.76. The van der Waals surface area contributed by atoms with Gasteiger partial charge < -0.3 is 39.9 Å². The maximum atomic E-state index is 12.6. The molecule has 1 amide bonds. The van der Waals surface area contributed by atoms with Gasteiger partial charge in [-0.05, 0) is 81.2 Å². The molecule has 3 aromatic rings. The fourth-order valence-electron chi connectivity index (χ4n) is 5.69. The molecule has 5 N–H and O–H groups in total. The minimum absolute atomic E-state index is 0.217. The van der Waals surface area contributed by atoms with Crippen LogP contribution < -0.4 is 4.74 Å². The van der Waals surface area contributed by atoms with Crippen LogP contribution in [0.3, 0.4) is 0 Å². The van der Waals surface area contributed by atoms with E-state index in [4.69, 9.17) is 19.6 Å². The Kier molecular flexibility index (Phi) is 11.6. The van der Waals surface area contributed by atoms with Gasteiger partial charge >= 0.3 is 0 Å². The normalized spacial score (nSPS) is 17.9. The van der Waals surface area contributed by atoms with E-state index in [2.05, 4.69) is 17.1 Å². The highest BCUT2D eigenvalue weighted by Gasteiger charge is 2.48. The number of aromatic nitrogens is 2. The summed E-state index contributed by atoms with van der Waals surface area (Å²) in [6, 6.07) is 14.3. The molecule has 2 fully saturated rings. The molecular formula is C36H47N3O8. The zero-order chi connectivity index (χ0) is 33.6. The monoisotopic (exact) mass is 649 g/mol. The Hall–Kier alpha value is -3.45. The van der Waals surface area contributed by atoms with Crippen LogP contribution in [0.15, 0.2) is 54.9 Å². The molecule has 0 unspecified atom stereocenters. The lowest BCUT2D eigenvalue weighted by Gasteiger charge is -2.28. The van der Waals surface area contributed by atoms with Gasteiger partial charge in [0.1, 0.15) is 30.2 Å². The molecule has 0 saturated heterocycles. The van der Waals surface area contributed by atoms with Gasteiger partial charge in [0.2, 0.25) is 5.91 Å². The van der Waals surface area contributed by atoms with E-state index < -0.39 is 36.6 Å². The van der Waals surface area contributed by atoms with Gasteiger partial charge in [0.15, 0.2) is 0 Å². The summed E-state index contributed by atoms with van der Waals surface area (Å²) in [6.07, 6.45) is 3.78. The number of benzene rings is 1. The molecule has 254 valence electrons. The third-order valence-electron chi connectivity index (χ3n) is 9.04. The van der Waals surface area contributed by atoms with E-state index in [9.17, 15) is 25.2 Å². The Morgan fingerprint density at radius 1 is 1.00 bits per heavy atom. The minimum atomic E-state index is -1.73. The van der Waals surface area contributed by atoms with Crippen LogP contribution in [0.4, 0.5) is 0 Å². The van der Waals surface area contributed by atoms with Crippen LogP contribution in [0.25, 0.3) is 11.1 Å². The number of hydrogen-bond acceptors (Lipinski definition) is 10. The molecule has 0 spiro atoms. The number of carbonyl (C=O) groups is 1. The second-order valence-corrected chi connectivity index (χ2v) is 12.9. The van der Waals surface area contributed by atoms with Gasteiger partial charge in [-0.3, -0.25) is 14.8 Å². The van der Waals surface area contributed by atoms with Gasteiger partial charge in [0, 0.05) is 49.2 Å². The molecule has 2 heterocycles. The number of nitrogens with zero attached hydrogens (tertiary/aromatic N) is 3. The van der Waals surface area contributed by atoms with E-state index in [0.717, 1.165) is 71.5 Å². The Balaban J connectivity index is 1.13. The Labute approximate surface area is 275 Å². The first kappa shape index (κ1) is 34.9. The number of hydrogen-bond donors (Lipinski definition) is 5. The average Bonchev–Trinajstić information content (AvgIpc) is 4.03. The topological polar surface area (TPSA) is 166 Å². The van der Waals surface area contributed by atoms with Crippen LogP contribution >= 0.6 is 0 Å². The van der Waals surface area contributed by atoms with Gasteiger partial charge in [0.05, 0.1) is 30.6 Å². The molecule has 2 aliphatic rings. The summed E-state index contributed by atoms with van der Waals surface area (Å²) >= 11 is 0. The standard InChI is InChI=1S/C36H47N3O8/c1-23-11-12-24(7-3-6-10-33(43)39(2)20-30(41)34(44)35(45)31(42)21-40)38-29(23)22-46-36(16-17-36)28-19-37-18-15-26(28)27-8-4-5-9-32(27)47-25-13-14-25/h4-5,8-9,11-12,15,18-19,25,30-31,34-35,40-42,44-45H,3,6-7,10,13-14,16-17,20-22H2,1-2H3/t30-,31+,34+,35+/m0/s1. The van der Waals surface area contributed by atoms with Gasteiger partial charge in [-0.25, -0.2) is 0 Å². The number of aliphatic hydroxyl groups excluding tert-OH is 5. The highest BCUT2D eigenvalue weighted by Crippen LogP contribution is 2.53. The average molecular weight is 650 g/mol. The first-order chi connectivity index (χ1) is 22.6. The lowest BCUT2D eigenvalue weighted by molar-refractivity contribution is -0.138. The summed E-state index contributed by atoms with van der Waals surface area (Å²) in [7, 11) is 1.50. The smallest absolute Gasteiger partial charge is 0.222 e. The van der Waals surface area contributed by atoms with Crippen molar-refractivity contribution in [2.24, 2.45) is 0 Å². The predicted molar refractivity (Wildman–Crippen MR) is 174 cm³/mol. The van der Waals surface area contributed by atoms with Crippen LogP contribution in [-0.2, 0) is 28.2 Å². The van der Waals surface area contributed by atoms with Gasteiger partial charge in [-0.2, -0.15) is 0 Å². The van der Waals surface area contributed by atoms with Gasteiger partial charge in [-0.1, -0.05) is 24.3 Å². The molecule has 2 saturated carbocycles. The number of aliphatic hydroxyl groups is 5.